The van der Waals surface area contributed by atoms with Gasteiger partial charge in [-0.25, -0.2) is 9.78 Å². The van der Waals surface area contributed by atoms with Crippen molar-refractivity contribution in [3.8, 4) is 17.2 Å². The van der Waals surface area contributed by atoms with Gasteiger partial charge >= 0.3 is 6.09 Å². The topological polar surface area (TPSA) is 151 Å². The van der Waals surface area contributed by atoms with E-state index in [0.29, 0.717) is 22.2 Å². The van der Waals surface area contributed by atoms with Gasteiger partial charge in [0, 0.05) is 23.6 Å². The highest BCUT2D eigenvalue weighted by atomic mass is 16.5. The van der Waals surface area contributed by atoms with Gasteiger partial charge in [0.25, 0.3) is 0 Å². The third-order valence-electron chi connectivity index (χ3n) is 5.99. The van der Waals surface area contributed by atoms with E-state index >= 15 is 0 Å². The number of ketones is 2. The third-order valence-corrected chi connectivity index (χ3v) is 5.99. The van der Waals surface area contributed by atoms with Gasteiger partial charge < -0.3 is 24.7 Å². The van der Waals surface area contributed by atoms with Crippen molar-refractivity contribution < 1.29 is 34.1 Å². The lowest BCUT2D eigenvalue weighted by Crippen LogP contribution is -2.11. The maximum absolute atomic E-state index is 12.4. The van der Waals surface area contributed by atoms with E-state index in [1.165, 1.54) is 19.2 Å². The first kappa shape index (κ1) is 28.4. The van der Waals surface area contributed by atoms with Crippen molar-refractivity contribution in [1.82, 2.24) is 9.97 Å². The number of benzene rings is 4. The Labute approximate surface area is 235 Å². The fourth-order valence-corrected chi connectivity index (χ4v) is 3.89. The Hall–Kier alpha value is -5.64. The number of amides is 1. The molecule has 0 fully saturated rings. The van der Waals surface area contributed by atoms with Crippen LogP contribution in [0.25, 0.3) is 11.0 Å². The molecule has 0 unspecified atom stereocenters. The van der Waals surface area contributed by atoms with E-state index in [4.69, 9.17) is 4.74 Å². The first-order chi connectivity index (χ1) is 19.8. The minimum absolute atomic E-state index is 0.0698. The number of nitrogens with zero attached hydrogens (tertiary/aromatic N) is 1. The quantitative estimate of drug-likeness (QED) is 0.193. The van der Waals surface area contributed by atoms with E-state index in [1.807, 2.05) is 18.2 Å². The van der Waals surface area contributed by atoms with Crippen molar-refractivity contribution in [3.63, 3.8) is 0 Å². The highest BCUT2D eigenvalue weighted by Crippen LogP contribution is 2.24. The van der Waals surface area contributed by atoms with Crippen LogP contribution in [-0.2, 0) is 11.2 Å². The van der Waals surface area contributed by atoms with Crippen LogP contribution in [0.1, 0.15) is 31.8 Å². The molecule has 1 aromatic heterocycles. The zero-order chi connectivity index (χ0) is 29.4. The van der Waals surface area contributed by atoms with Crippen LogP contribution in [0.3, 0.4) is 0 Å². The van der Waals surface area contributed by atoms with E-state index in [1.54, 1.807) is 61.7 Å². The average molecular weight is 554 g/mol. The van der Waals surface area contributed by atoms with E-state index in [9.17, 15) is 24.6 Å². The summed E-state index contributed by atoms with van der Waals surface area (Å²) < 4.78 is 9.54. The van der Waals surface area contributed by atoms with Crippen LogP contribution in [0.5, 0.6) is 17.2 Å². The number of ether oxygens (including phenoxy) is 2. The second-order valence-corrected chi connectivity index (χ2v) is 8.78. The minimum atomic E-state index is -0.611. The fourth-order valence-electron chi connectivity index (χ4n) is 3.89. The van der Waals surface area contributed by atoms with Crippen molar-refractivity contribution in [1.29, 1.82) is 0 Å². The summed E-state index contributed by atoms with van der Waals surface area (Å²) in [5, 5.41) is 21.3. The molecule has 4 aromatic carbocycles. The summed E-state index contributed by atoms with van der Waals surface area (Å²) in [6, 6.07) is 25.3. The lowest BCUT2D eigenvalue weighted by atomic mass is 10.0. The van der Waals surface area contributed by atoms with Crippen molar-refractivity contribution in [3.05, 3.63) is 113 Å². The van der Waals surface area contributed by atoms with Gasteiger partial charge in [-0.2, -0.15) is 0 Å². The molecular weight excluding hydrogens is 526 g/mol. The molecule has 5 rings (SSSR count). The Morgan fingerprint density at radius 2 is 1.59 bits per heavy atom. The summed E-state index contributed by atoms with van der Waals surface area (Å²) in [4.78, 5) is 42.7. The second kappa shape index (κ2) is 12.9. The van der Waals surface area contributed by atoms with E-state index < -0.39 is 6.09 Å². The van der Waals surface area contributed by atoms with Gasteiger partial charge in [0.05, 0.1) is 30.8 Å². The molecule has 0 aliphatic carbocycles. The molecule has 1 amide bonds. The lowest BCUT2D eigenvalue weighted by Gasteiger charge is -2.05. The van der Waals surface area contributed by atoms with Gasteiger partial charge in [0.2, 0.25) is 5.95 Å². The molecule has 0 spiro atoms. The Morgan fingerprint density at radius 3 is 2.24 bits per heavy atom. The number of hydrogen-bond donors (Lipinski definition) is 4. The van der Waals surface area contributed by atoms with Gasteiger partial charge in [-0.1, -0.05) is 42.5 Å². The fraction of sp³-hybridized carbons (Fsp3) is 0.0968. The number of phenolic OH excluding ortho intramolecular Hbond substituents is 2. The highest BCUT2D eigenvalue weighted by molar-refractivity contribution is 6.10. The molecule has 0 saturated heterocycles. The molecule has 0 aliphatic heterocycles. The first-order valence-electron chi connectivity index (χ1n) is 12.4. The summed E-state index contributed by atoms with van der Waals surface area (Å²) >= 11 is 0. The van der Waals surface area contributed by atoms with Crippen LogP contribution in [0.4, 0.5) is 10.7 Å². The SMILES string of the molecule is COC(=O)Nc1nc2ccc(C(=O)c3ccccc3)cc2[nH]1.COc1ccc(CC(=O)c2ccc(O)cc2O)cc1. The van der Waals surface area contributed by atoms with Gasteiger partial charge in [-0.3, -0.25) is 14.9 Å². The average Bonchev–Trinajstić information content (AvgIpc) is 3.39. The number of aromatic hydroxyl groups is 2. The van der Waals surface area contributed by atoms with Crippen LogP contribution in [0.2, 0.25) is 0 Å². The number of hydrogen-bond acceptors (Lipinski definition) is 8. The molecule has 10 nitrogen and oxygen atoms in total. The number of rotatable bonds is 7. The molecule has 41 heavy (non-hydrogen) atoms. The molecular formula is C31H27N3O7. The number of imidazole rings is 1. The molecule has 0 aliphatic rings. The molecule has 1 heterocycles. The lowest BCUT2D eigenvalue weighted by molar-refractivity contribution is 0.0989. The smallest absolute Gasteiger partial charge is 0.413 e. The van der Waals surface area contributed by atoms with Crippen LogP contribution < -0.4 is 10.1 Å². The zero-order valence-electron chi connectivity index (χ0n) is 22.3. The molecule has 0 bridgehead atoms. The summed E-state index contributed by atoms with van der Waals surface area (Å²) in [5.41, 5.74) is 3.51. The van der Waals surface area contributed by atoms with Crippen molar-refractivity contribution in [2.24, 2.45) is 0 Å². The maximum atomic E-state index is 12.4. The largest absolute Gasteiger partial charge is 0.508 e. The van der Waals surface area contributed by atoms with Gasteiger partial charge in [-0.15, -0.1) is 0 Å². The molecule has 0 radical (unpaired) electrons. The molecule has 10 heteroatoms. The van der Waals surface area contributed by atoms with Crippen molar-refractivity contribution in [2.75, 3.05) is 19.5 Å². The van der Waals surface area contributed by atoms with Gasteiger partial charge in [-0.05, 0) is 48.0 Å². The number of carbonyl (C=O) groups excluding carboxylic acids is 3. The van der Waals surface area contributed by atoms with Crippen LogP contribution in [-0.4, -0.2) is 52.1 Å². The normalized spacial score (nSPS) is 10.3. The summed E-state index contributed by atoms with van der Waals surface area (Å²) in [7, 11) is 2.85. The van der Waals surface area contributed by atoms with Crippen LogP contribution in [0, 0.1) is 0 Å². The van der Waals surface area contributed by atoms with E-state index in [0.717, 1.165) is 17.4 Å². The number of fused-ring (bicyclic) bond motifs is 1. The minimum Gasteiger partial charge on any atom is -0.508 e. The summed E-state index contributed by atoms with van der Waals surface area (Å²) in [5.74, 6) is 0.439. The number of nitrogens with one attached hydrogen (secondary N) is 2. The van der Waals surface area contributed by atoms with Crippen molar-refractivity contribution >= 4 is 34.6 Å². The Balaban J connectivity index is 0.000000191. The standard InChI is InChI=1S/C16H13N3O3.C15H14O4/c1-22-16(21)19-15-17-12-8-7-11(9-13(12)18-15)14(20)10-5-3-2-4-6-10;1-19-12-5-2-10(3-6-12)8-14(17)13-7-4-11(16)9-15(13)18/h2-9H,1H3,(H2,17,18,19,21);2-7,9,16,18H,8H2,1H3. The van der Waals surface area contributed by atoms with Crippen molar-refractivity contribution in [2.45, 2.75) is 6.42 Å². The number of aromatic nitrogens is 2. The molecule has 0 atom stereocenters. The monoisotopic (exact) mass is 553 g/mol. The number of anilines is 1. The second-order valence-electron chi connectivity index (χ2n) is 8.78. The Morgan fingerprint density at radius 1 is 0.854 bits per heavy atom. The summed E-state index contributed by atoms with van der Waals surface area (Å²) in [6.07, 6.45) is -0.429. The predicted molar refractivity (Wildman–Crippen MR) is 153 cm³/mol. The molecule has 5 aromatic rings. The van der Waals surface area contributed by atoms with E-state index in [-0.39, 0.29) is 41.0 Å². The molecule has 4 N–H and O–H groups in total. The van der Waals surface area contributed by atoms with Gasteiger partial charge in [0.15, 0.2) is 11.6 Å². The predicted octanol–water partition coefficient (Wildman–Crippen LogP) is 5.50. The van der Waals surface area contributed by atoms with Gasteiger partial charge in [0.1, 0.15) is 17.2 Å². The number of phenols is 2. The number of aromatic amines is 1. The Bertz CT molecular complexity index is 1680. The Kier molecular flexibility index (Phi) is 8.95. The van der Waals surface area contributed by atoms with Crippen LogP contribution >= 0.6 is 0 Å². The first-order valence-corrected chi connectivity index (χ1v) is 12.4. The number of H-pyrrole nitrogens is 1. The summed E-state index contributed by atoms with van der Waals surface area (Å²) in [6.45, 7) is 0. The maximum Gasteiger partial charge on any atom is 0.413 e. The number of methoxy groups -OCH3 is 2. The van der Waals surface area contributed by atoms with E-state index in [2.05, 4.69) is 20.0 Å². The molecule has 0 saturated carbocycles. The molecule has 208 valence electrons. The number of carbonyl (C=O) groups is 3. The zero-order valence-corrected chi connectivity index (χ0v) is 22.3. The number of Topliss-reactive ketones (excluding diaryl/α,β-unsaturated/α-hetero) is 1. The van der Waals surface area contributed by atoms with Crippen LogP contribution in [0.15, 0.2) is 91.0 Å². The third kappa shape index (κ3) is 7.27. The highest BCUT2D eigenvalue weighted by Gasteiger charge is 2.13.